The molecule has 1 heterocycles. The summed E-state index contributed by atoms with van der Waals surface area (Å²) in [4.78, 5) is 33.7. The lowest BCUT2D eigenvalue weighted by Crippen LogP contribution is -2.41. The van der Waals surface area contributed by atoms with Crippen LogP contribution in [0, 0.1) is 0 Å². The molecule has 0 aliphatic carbocycles. The summed E-state index contributed by atoms with van der Waals surface area (Å²) in [6.45, 7) is 0. The highest BCUT2D eigenvalue weighted by atomic mass is 16.4. The molecule has 110 valence electrons. The Kier molecular flexibility index (Phi) is 4.22. The number of rotatable bonds is 6. The van der Waals surface area contributed by atoms with Gasteiger partial charge in [0.05, 0.1) is 0 Å². The predicted molar refractivity (Wildman–Crippen MR) is 73.5 cm³/mol. The zero-order valence-corrected chi connectivity index (χ0v) is 11.0. The Bertz CT molecular complexity index is 658. The van der Waals surface area contributed by atoms with Crippen LogP contribution >= 0.6 is 0 Å². The van der Waals surface area contributed by atoms with Gasteiger partial charge in [0.15, 0.2) is 5.76 Å². The highest BCUT2D eigenvalue weighted by Gasteiger charge is 2.22. The maximum atomic E-state index is 12.0. The van der Waals surface area contributed by atoms with Crippen molar-refractivity contribution in [2.45, 2.75) is 18.9 Å². The molecule has 2 rings (SSSR count). The SMILES string of the molecule is NC(=O)CC[C@H](NC(=O)c1cc2ccccc2o1)C(=O)O. The van der Waals surface area contributed by atoms with Gasteiger partial charge in [0.1, 0.15) is 11.6 Å². The highest BCUT2D eigenvalue weighted by Crippen LogP contribution is 2.18. The average Bonchev–Trinajstić information content (AvgIpc) is 2.86. The molecule has 0 bridgehead atoms. The standard InChI is InChI=1S/C14H14N2O5/c15-12(17)6-5-9(14(19)20)16-13(18)11-7-8-3-1-2-4-10(8)21-11/h1-4,7,9H,5-6H2,(H2,15,17)(H,16,18)(H,19,20)/t9-/m0/s1. The van der Waals surface area contributed by atoms with Crippen molar-refractivity contribution >= 4 is 28.8 Å². The molecule has 1 aromatic heterocycles. The maximum absolute atomic E-state index is 12.0. The highest BCUT2D eigenvalue weighted by molar-refractivity contribution is 5.98. The molecule has 0 saturated carbocycles. The van der Waals surface area contributed by atoms with Crippen LogP contribution < -0.4 is 11.1 Å². The van der Waals surface area contributed by atoms with Gasteiger partial charge in [-0.2, -0.15) is 0 Å². The molecule has 0 unspecified atom stereocenters. The molecule has 0 radical (unpaired) electrons. The lowest BCUT2D eigenvalue weighted by molar-refractivity contribution is -0.139. The number of para-hydroxylation sites is 1. The first kappa shape index (κ1) is 14.6. The number of carboxylic acids is 1. The third kappa shape index (κ3) is 3.59. The quantitative estimate of drug-likeness (QED) is 0.728. The summed E-state index contributed by atoms with van der Waals surface area (Å²) < 4.78 is 5.34. The monoisotopic (exact) mass is 290 g/mol. The average molecular weight is 290 g/mol. The summed E-state index contributed by atoms with van der Waals surface area (Å²) in [6.07, 6.45) is -0.200. The molecular formula is C14H14N2O5. The second kappa shape index (κ2) is 6.08. The Morgan fingerprint density at radius 3 is 2.62 bits per heavy atom. The van der Waals surface area contributed by atoms with E-state index in [1.807, 2.05) is 0 Å². The Hall–Kier alpha value is -2.83. The van der Waals surface area contributed by atoms with E-state index in [1.165, 1.54) is 6.07 Å². The largest absolute Gasteiger partial charge is 0.480 e. The smallest absolute Gasteiger partial charge is 0.326 e. The minimum Gasteiger partial charge on any atom is -0.480 e. The molecule has 0 saturated heterocycles. The van der Waals surface area contributed by atoms with Crippen LogP contribution in [-0.2, 0) is 9.59 Å². The van der Waals surface area contributed by atoms with E-state index in [0.29, 0.717) is 5.58 Å². The normalized spacial score (nSPS) is 12.0. The number of carbonyl (C=O) groups is 3. The number of nitrogens with two attached hydrogens (primary N) is 1. The van der Waals surface area contributed by atoms with Crippen LogP contribution in [0.5, 0.6) is 0 Å². The first-order chi connectivity index (χ1) is 9.97. The van der Waals surface area contributed by atoms with Gasteiger partial charge in [0.2, 0.25) is 5.91 Å². The van der Waals surface area contributed by atoms with Crippen LogP contribution in [-0.4, -0.2) is 28.9 Å². The molecule has 7 nitrogen and oxygen atoms in total. The first-order valence-corrected chi connectivity index (χ1v) is 6.28. The molecule has 2 aromatic rings. The van der Waals surface area contributed by atoms with Gasteiger partial charge in [-0.3, -0.25) is 9.59 Å². The summed E-state index contributed by atoms with van der Waals surface area (Å²) in [5.41, 5.74) is 5.50. The number of carboxylic acid groups (broad SMARTS) is 1. The number of aliphatic carboxylic acids is 1. The number of fused-ring (bicyclic) bond motifs is 1. The molecule has 1 atom stereocenters. The minimum absolute atomic E-state index is 0.0153. The van der Waals surface area contributed by atoms with Crippen molar-refractivity contribution in [1.29, 1.82) is 0 Å². The van der Waals surface area contributed by atoms with Crippen molar-refractivity contribution < 1.29 is 23.9 Å². The maximum Gasteiger partial charge on any atom is 0.326 e. The van der Waals surface area contributed by atoms with Crippen LogP contribution in [0.15, 0.2) is 34.7 Å². The van der Waals surface area contributed by atoms with E-state index in [-0.39, 0.29) is 18.6 Å². The third-order valence-corrected chi connectivity index (χ3v) is 2.93. The number of benzene rings is 1. The number of carbonyl (C=O) groups excluding carboxylic acids is 2. The lowest BCUT2D eigenvalue weighted by atomic mass is 10.1. The molecule has 0 aliphatic rings. The molecule has 0 spiro atoms. The van der Waals surface area contributed by atoms with E-state index in [4.69, 9.17) is 15.3 Å². The van der Waals surface area contributed by atoms with Crippen molar-refractivity contribution in [3.63, 3.8) is 0 Å². The lowest BCUT2D eigenvalue weighted by Gasteiger charge is -2.12. The van der Waals surface area contributed by atoms with Crippen molar-refractivity contribution in [3.8, 4) is 0 Å². The van der Waals surface area contributed by atoms with E-state index in [1.54, 1.807) is 24.3 Å². The molecule has 0 fully saturated rings. The van der Waals surface area contributed by atoms with Crippen molar-refractivity contribution in [2.24, 2.45) is 5.73 Å². The fraction of sp³-hybridized carbons (Fsp3) is 0.214. The topological polar surface area (TPSA) is 123 Å². The molecule has 4 N–H and O–H groups in total. The number of nitrogens with one attached hydrogen (secondary N) is 1. The van der Waals surface area contributed by atoms with E-state index in [2.05, 4.69) is 5.32 Å². The van der Waals surface area contributed by atoms with Gasteiger partial charge in [0, 0.05) is 11.8 Å². The Morgan fingerprint density at radius 1 is 1.29 bits per heavy atom. The number of primary amides is 1. The fourth-order valence-electron chi connectivity index (χ4n) is 1.87. The zero-order valence-electron chi connectivity index (χ0n) is 11.0. The van der Waals surface area contributed by atoms with Crippen LogP contribution in [0.4, 0.5) is 0 Å². The molecule has 0 aliphatic heterocycles. The molecule has 7 heteroatoms. The number of furan rings is 1. The molecule has 1 aromatic carbocycles. The van der Waals surface area contributed by atoms with Crippen molar-refractivity contribution in [1.82, 2.24) is 5.32 Å². The second-order valence-corrected chi connectivity index (χ2v) is 4.52. The predicted octanol–water partition coefficient (Wildman–Crippen LogP) is 0.881. The van der Waals surface area contributed by atoms with E-state index in [0.717, 1.165) is 5.39 Å². The van der Waals surface area contributed by atoms with Crippen molar-refractivity contribution in [2.75, 3.05) is 0 Å². The van der Waals surface area contributed by atoms with Crippen LogP contribution in [0.3, 0.4) is 0 Å². The number of amides is 2. The van der Waals surface area contributed by atoms with Gasteiger partial charge in [0.25, 0.3) is 5.91 Å². The zero-order chi connectivity index (χ0) is 15.4. The molecule has 2 amide bonds. The van der Waals surface area contributed by atoms with Gasteiger partial charge in [-0.1, -0.05) is 18.2 Å². The van der Waals surface area contributed by atoms with Gasteiger partial charge in [-0.25, -0.2) is 4.79 Å². The van der Waals surface area contributed by atoms with Crippen molar-refractivity contribution in [3.05, 3.63) is 36.1 Å². The summed E-state index contributed by atoms with van der Waals surface area (Å²) in [7, 11) is 0. The van der Waals surface area contributed by atoms with Crippen LogP contribution in [0.25, 0.3) is 11.0 Å². The fourth-order valence-corrected chi connectivity index (χ4v) is 1.87. The number of hydrogen-bond acceptors (Lipinski definition) is 4. The summed E-state index contributed by atoms with van der Waals surface area (Å²) in [6, 6.07) is 7.37. The Balaban J connectivity index is 2.10. The van der Waals surface area contributed by atoms with E-state index < -0.39 is 23.8 Å². The van der Waals surface area contributed by atoms with Gasteiger partial charge < -0.3 is 20.6 Å². The molecule has 21 heavy (non-hydrogen) atoms. The van der Waals surface area contributed by atoms with Crippen LogP contribution in [0.1, 0.15) is 23.4 Å². The summed E-state index contributed by atoms with van der Waals surface area (Å²) in [5, 5.41) is 12.1. The van der Waals surface area contributed by atoms with Gasteiger partial charge >= 0.3 is 5.97 Å². The van der Waals surface area contributed by atoms with Gasteiger partial charge in [-0.05, 0) is 18.6 Å². The Morgan fingerprint density at radius 2 is 2.00 bits per heavy atom. The van der Waals surface area contributed by atoms with E-state index >= 15 is 0 Å². The van der Waals surface area contributed by atoms with E-state index in [9.17, 15) is 14.4 Å². The molecular weight excluding hydrogens is 276 g/mol. The number of hydrogen-bond donors (Lipinski definition) is 3. The summed E-state index contributed by atoms with van der Waals surface area (Å²) in [5.74, 6) is -2.50. The minimum atomic E-state index is -1.24. The Labute approximate surface area is 119 Å². The van der Waals surface area contributed by atoms with Gasteiger partial charge in [-0.15, -0.1) is 0 Å². The van der Waals surface area contributed by atoms with Crippen LogP contribution in [0.2, 0.25) is 0 Å². The summed E-state index contributed by atoms with van der Waals surface area (Å²) >= 11 is 0. The third-order valence-electron chi connectivity index (χ3n) is 2.93. The second-order valence-electron chi connectivity index (χ2n) is 4.52. The first-order valence-electron chi connectivity index (χ1n) is 6.28.